The first kappa shape index (κ1) is 16.3. The smallest absolute Gasteiger partial charge is 0.394 e. The quantitative estimate of drug-likeness (QED) is 0.801. The monoisotopic (exact) mass is 290 g/mol. The fraction of sp³-hybridized carbons (Fsp3) is 0.462. The molecule has 0 aromatic heterocycles. The van der Waals surface area contributed by atoms with Crippen LogP contribution in [0.4, 0.5) is 23.7 Å². The van der Waals surface area contributed by atoms with Crippen molar-refractivity contribution in [2.45, 2.75) is 32.5 Å². The summed E-state index contributed by atoms with van der Waals surface area (Å²) in [5, 5.41) is 13.8. The van der Waals surface area contributed by atoms with Gasteiger partial charge in [0.25, 0.3) is 0 Å². The first-order valence-corrected chi connectivity index (χ1v) is 5.93. The van der Waals surface area contributed by atoms with Crippen molar-refractivity contribution in [2.24, 2.45) is 0 Å². The number of carbonyl (C=O) groups is 1. The van der Waals surface area contributed by atoms with Gasteiger partial charge in [0.15, 0.2) is 0 Å². The van der Waals surface area contributed by atoms with E-state index in [0.29, 0.717) is 0 Å². The molecule has 1 rings (SSSR count). The first-order valence-electron chi connectivity index (χ1n) is 5.93. The van der Waals surface area contributed by atoms with Crippen LogP contribution in [-0.4, -0.2) is 23.3 Å². The summed E-state index contributed by atoms with van der Waals surface area (Å²) < 4.78 is 38.2. The van der Waals surface area contributed by atoms with E-state index in [1.807, 2.05) is 0 Å². The number of nitrogens with one attached hydrogen (secondary N) is 2. The van der Waals surface area contributed by atoms with Crippen LogP contribution in [0.5, 0.6) is 0 Å². The second kappa shape index (κ2) is 5.70. The Bertz CT molecular complexity index is 499. The van der Waals surface area contributed by atoms with Gasteiger partial charge in [0.1, 0.15) is 0 Å². The van der Waals surface area contributed by atoms with Gasteiger partial charge in [-0.05, 0) is 38.5 Å². The van der Waals surface area contributed by atoms with E-state index >= 15 is 0 Å². The minimum Gasteiger partial charge on any atom is -0.394 e. The van der Waals surface area contributed by atoms with E-state index < -0.39 is 23.3 Å². The first-order chi connectivity index (χ1) is 9.07. The largest absolute Gasteiger partial charge is 0.416 e. The summed E-state index contributed by atoms with van der Waals surface area (Å²) in [6, 6.07) is 2.89. The van der Waals surface area contributed by atoms with Gasteiger partial charge in [-0.2, -0.15) is 13.2 Å². The van der Waals surface area contributed by atoms with Crippen LogP contribution < -0.4 is 10.6 Å². The van der Waals surface area contributed by atoms with Crippen LogP contribution in [0.25, 0.3) is 0 Å². The SMILES string of the molecule is Cc1c(NC(=O)NC(C)(C)CO)cccc1C(F)(F)F. The van der Waals surface area contributed by atoms with Gasteiger partial charge in [0, 0.05) is 5.69 Å². The van der Waals surface area contributed by atoms with Gasteiger partial charge < -0.3 is 15.7 Å². The molecule has 0 spiro atoms. The summed E-state index contributed by atoms with van der Waals surface area (Å²) in [5.41, 5.74) is -1.64. The van der Waals surface area contributed by atoms with E-state index in [9.17, 15) is 18.0 Å². The van der Waals surface area contributed by atoms with Gasteiger partial charge in [-0.1, -0.05) is 6.07 Å². The number of aliphatic hydroxyl groups is 1. The van der Waals surface area contributed by atoms with Crippen molar-refractivity contribution >= 4 is 11.7 Å². The molecular weight excluding hydrogens is 273 g/mol. The molecule has 4 nitrogen and oxygen atoms in total. The highest BCUT2D eigenvalue weighted by atomic mass is 19.4. The number of hydrogen-bond donors (Lipinski definition) is 3. The minimum absolute atomic E-state index is 0.0584. The zero-order valence-corrected chi connectivity index (χ0v) is 11.4. The lowest BCUT2D eigenvalue weighted by molar-refractivity contribution is -0.138. The van der Waals surface area contributed by atoms with Crippen LogP contribution in [0.2, 0.25) is 0 Å². The average molecular weight is 290 g/mol. The highest BCUT2D eigenvalue weighted by molar-refractivity contribution is 5.90. The lowest BCUT2D eigenvalue weighted by atomic mass is 10.1. The van der Waals surface area contributed by atoms with Gasteiger partial charge in [-0.15, -0.1) is 0 Å². The van der Waals surface area contributed by atoms with Crippen molar-refractivity contribution in [1.29, 1.82) is 0 Å². The molecule has 7 heteroatoms. The number of benzene rings is 1. The van der Waals surface area contributed by atoms with E-state index in [0.717, 1.165) is 6.07 Å². The Labute approximate surface area is 115 Å². The topological polar surface area (TPSA) is 61.4 Å². The maximum absolute atomic E-state index is 12.7. The van der Waals surface area contributed by atoms with Crippen LogP contribution in [0, 0.1) is 6.92 Å². The summed E-state index contributed by atoms with van der Waals surface area (Å²) in [6.45, 7) is 4.18. The Kier molecular flexibility index (Phi) is 4.65. The third kappa shape index (κ3) is 4.12. The van der Waals surface area contributed by atoms with E-state index in [-0.39, 0.29) is 17.9 Å². The van der Waals surface area contributed by atoms with Gasteiger partial charge in [-0.3, -0.25) is 0 Å². The highest BCUT2D eigenvalue weighted by Crippen LogP contribution is 2.34. The predicted molar refractivity (Wildman–Crippen MR) is 69.5 cm³/mol. The van der Waals surface area contributed by atoms with Gasteiger partial charge in [-0.25, -0.2) is 4.79 Å². The molecule has 20 heavy (non-hydrogen) atoms. The van der Waals surface area contributed by atoms with Crippen LogP contribution >= 0.6 is 0 Å². The maximum atomic E-state index is 12.7. The van der Waals surface area contributed by atoms with Crippen molar-refractivity contribution in [3.8, 4) is 0 Å². The third-order valence-corrected chi connectivity index (χ3v) is 2.73. The summed E-state index contributed by atoms with van der Waals surface area (Å²) in [4.78, 5) is 11.7. The number of carbonyl (C=O) groups excluding carboxylic acids is 1. The second-order valence-electron chi connectivity index (χ2n) is 5.10. The molecule has 0 atom stereocenters. The molecule has 3 N–H and O–H groups in total. The zero-order chi connectivity index (χ0) is 15.6. The predicted octanol–water partition coefficient (Wildman–Crippen LogP) is 2.91. The zero-order valence-electron chi connectivity index (χ0n) is 11.4. The molecule has 0 radical (unpaired) electrons. The molecule has 0 saturated heterocycles. The number of anilines is 1. The van der Waals surface area contributed by atoms with Crippen LogP contribution in [0.15, 0.2) is 18.2 Å². The highest BCUT2D eigenvalue weighted by Gasteiger charge is 2.33. The Balaban J connectivity index is 2.92. The molecule has 0 fully saturated rings. The van der Waals surface area contributed by atoms with Gasteiger partial charge in [0.2, 0.25) is 0 Å². The Morgan fingerprint density at radius 3 is 2.40 bits per heavy atom. The molecule has 0 aliphatic heterocycles. The molecule has 112 valence electrons. The van der Waals surface area contributed by atoms with Crippen molar-refractivity contribution in [3.63, 3.8) is 0 Å². The molecule has 0 unspecified atom stereocenters. The molecule has 1 aromatic rings. The Morgan fingerprint density at radius 2 is 1.90 bits per heavy atom. The van der Waals surface area contributed by atoms with Gasteiger partial charge in [0.05, 0.1) is 17.7 Å². The minimum atomic E-state index is -4.47. The number of hydrogen-bond acceptors (Lipinski definition) is 2. The van der Waals surface area contributed by atoms with Crippen molar-refractivity contribution in [2.75, 3.05) is 11.9 Å². The maximum Gasteiger partial charge on any atom is 0.416 e. The number of urea groups is 1. The van der Waals surface area contributed by atoms with Crippen molar-refractivity contribution in [3.05, 3.63) is 29.3 Å². The molecule has 1 aromatic carbocycles. The van der Waals surface area contributed by atoms with Crippen molar-refractivity contribution in [1.82, 2.24) is 5.32 Å². The molecule has 0 saturated carbocycles. The number of alkyl halides is 3. The fourth-order valence-electron chi connectivity index (χ4n) is 1.58. The molecule has 2 amide bonds. The number of halogens is 3. The van der Waals surface area contributed by atoms with Crippen LogP contribution in [-0.2, 0) is 6.18 Å². The standard InChI is InChI=1S/C13H17F3N2O2/c1-8-9(13(14,15)16)5-4-6-10(8)17-11(20)18-12(2,3)7-19/h4-6,19H,7H2,1-3H3,(H2,17,18,20). The van der Waals surface area contributed by atoms with E-state index in [1.165, 1.54) is 19.1 Å². The van der Waals surface area contributed by atoms with Crippen LogP contribution in [0.3, 0.4) is 0 Å². The molecular formula is C13H17F3N2O2. The summed E-state index contributed by atoms with van der Waals surface area (Å²) in [7, 11) is 0. The molecule has 0 heterocycles. The Hall–Kier alpha value is -1.76. The van der Waals surface area contributed by atoms with Gasteiger partial charge >= 0.3 is 12.2 Å². The van der Waals surface area contributed by atoms with E-state index in [1.54, 1.807) is 13.8 Å². The summed E-state index contributed by atoms with van der Waals surface area (Å²) in [6.07, 6.45) is -4.47. The van der Waals surface area contributed by atoms with E-state index in [2.05, 4.69) is 10.6 Å². The molecule has 0 bridgehead atoms. The second-order valence-corrected chi connectivity index (χ2v) is 5.10. The summed E-state index contributed by atoms with van der Waals surface area (Å²) in [5.74, 6) is 0. The lowest BCUT2D eigenvalue weighted by Gasteiger charge is -2.24. The number of rotatable bonds is 3. The Morgan fingerprint density at radius 1 is 1.30 bits per heavy atom. The molecule has 0 aliphatic rings. The average Bonchev–Trinajstić information content (AvgIpc) is 2.29. The van der Waals surface area contributed by atoms with Crippen molar-refractivity contribution < 1.29 is 23.1 Å². The van der Waals surface area contributed by atoms with E-state index in [4.69, 9.17) is 5.11 Å². The molecule has 0 aliphatic carbocycles. The van der Waals surface area contributed by atoms with Crippen LogP contribution in [0.1, 0.15) is 25.0 Å². The fourth-order valence-corrected chi connectivity index (χ4v) is 1.58. The normalized spacial score (nSPS) is 12.2. The number of aliphatic hydroxyl groups excluding tert-OH is 1. The summed E-state index contributed by atoms with van der Waals surface area (Å²) >= 11 is 0. The third-order valence-electron chi connectivity index (χ3n) is 2.73. The lowest BCUT2D eigenvalue weighted by Crippen LogP contribution is -2.48. The number of amides is 2.